The van der Waals surface area contributed by atoms with Crippen LogP contribution in [-0.4, -0.2) is 0 Å². The highest BCUT2D eigenvalue weighted by molar-refractivity contribution is 6.19. The Kier molecular flexibility index (Phi) is 7.53. The first-order valence-corrected chi connectivity index (χ1v) is 19.3. The van der Waals surface area contributed by atoms with Crippen molar-refractivity contribution in [1.82, 2.24) is 0 Å². The lowest BCUT2D eigenvalue weighted by Crippen LogP contribution is -2.11. The SMILES string of the molecule is c1ccc(N(c2ccc(-c3ccc(N(c4cccc5ccccc45)c4ccc5c6c(cccc46)-c4ccccc4-5)cc3)cc2)c2cccc3ccccc23)cc1. The van der Waals surface area contributed by atoms with Gasteiger partial charge < -0.3 is 9.80 Å². The maximum atomic E-state index is 2.45. The van der Waals surface area contributed by atoms with Gasteiger partial charge in [0.05, 0.1) is 17.1 Å². The molecule has 0 unspecified atom stereocenters. The molecule has 0 N–H and O–H groups in total. The molecule has 0 aliphatic heterocycles. The van der Waals surface area contributed by atoms with Crippen LogP contribution >= 0.6 is 0 Å². The van der Waals surface area contributed by atoms with Gasteiger partial charge in [0, 0.05) is 33.2 Å². The quantitative estimate of drug-likeness (QED) is 0.162. The molecular formula is C54H36N2. The lowest BCUT2D eigenvalue weighted by atomic mass is 9.99. The molecule has 0 spiro atoms. The smallest absolute Gasteiger partial charge is 0.0540 e. The van der Waals surface area contributed by atoms with Gasteiger partial charge in [-0.1, -0.05) is 164 Å². The van der Waals surface area contributed by atoms with Gasteiger partial charge in [-0.05, 0) is 104 Å². The first-order valence-electron chi connectivity index (χ1n) is 19.3. The number of rotatable bonds is 7. The van der Waals surface area contributed by atoms with Crippen molar-refractivity contribution in [2.75, 3.05) is 9.80 Å². The zero-order valence-electron chi connectivity index (χ0n) is 30.7. The van der Waals surface area contributed by atoms with Crippen molar-refractivity contribution < 1.29 is 0 Å². The summed E-state index contributed by atoms with van der Waals surface area (Å²) in [5.41, 5.74) is 14.4. The van der Waals surface area contributed by atoms with E-state index >= 15 is 0 Å². The predicted molar refractivity (Wildman–Crippen MR) is 238 cm³/mol. The molecule has 2 nitrogen and oxygen atoms in total. The van der Waals surface area contributed by atoms with Crippen LogP contribution in [0.15, 0.2) is 218 Å². The number of hydrogen-bond acceptors (Lipinski definition) is 2. The van der Waals surface area contributed by atoms with Crippen molar-refractivity contribution in [2.24, 2.45) is 0 Å². The van der Waals surface area contributed by atoms with Crippen molar-refractivity contribution in [3.8, 4) is 33.4 Å². The van der Waals surface area contributed by atoms with Crippen molar-refractivity contribution in [1.29, 1.82) is 0 Å². The molecule has 0 fully saturated rings. The maximum absolute atomic E-state index is 2.45. The maximum Gasteiger partial charge on any atom is 0.0540 e. The molecule has 0 saturated heterocycles. The second-order valence-corrected chi connectivity index (χ2v) is 14.5. The molecule has 0 amide bonds. The van der Waals surface area contributed by atoms with E-state index in [0.717, 1.165) is 28.4 Å². The highest BCUT2D eigenvalue weighted by Crippen LogP contribution is 2.51. The zero-order chi connectivity index (χ0) is 37.0. The first-order chi connectivity index (χ1) is 27.8. The van der Waals surface area contributed by atoms with Crippen LogP contribution in [0.2, 0.25) is 0 Å². The van der Waals surface area contributed by atoms with Gasteiger partial charge in [-0.25, -0.2) is 0 Å². The van der Waals surface area contributed by atoms with Crippen molar-refractivity contribution >= 4 is 66.4 Å². The molecule has 0 heterocycles. The fourth-order valence-corrected chi connectivity index (χ4v) is 8.81. The fourth-order valence-electron chi connectivity index (χ4n) is 8.81. The zero-order valence-corrected chi connectivity index (χ0v) is 30.7. The highest BCUT2D eigenvalue weighted by atomic mass is 15.1. The topological polar surface area (TPSA) is 6.48 Å². The van der Waals surface area contributed by atoms with Crippen LogP contribution < -0.4 is 9.80 Å². The first kappa shape index (κ1) is 32.0. The fraction of sp³-hybridized carbons (Fsp3) is 0. The third-order valence-electron chi connectivity index (χ3n) is 11.4. The Morgan fingerprint density at radius 2 is 0.643 bits per heavy atom. The van der Waals surface area contributed by atoms with Crippen LogP contribution in [-0.2, 0) is 0 Å². The molecule has 1 aliphatic rings. The monoisotopic (exact) mass is 712 g/mol. The summed E-state index contributed by atoms with van der Waals surface area (Å²) in [6, 6.07) is 79.3. The second kappa shape index (κ2) is 13.2. The van der Waals surface area contributed by atoms with Crippen molar-refractivity contribution in [3.05, 3.63) is 218 Å². The van der Waals surface area contributed by atoms with Gasteiger partial charge in [0.1, 0.15) is 0 Å². The Labute approximate surface area is 326 Å². The Bertz CT molecular complexity index is 3030. The lowest BCUT2D eigenvalue weighted by Gasteiger charge is -2.29. The Hall–Kier alpha value is -7.42. The normalized spacial score (nSPS) is 11.6. The molecule has 10 aromatic carbocycles. The van der Waals surface area contributed by atoms with E-state index in [1.54, 1.807) is 0 Å². The summed E-state index contributed by atoms with van der Waals surface area (Å²) in [7, 11) is 0. The summed E-state index contributed by atoms with van der Waals surface area (Å²) >= 11 is 0. The third-order valence-corrected chi connectivity index (χ3v) is 11.4. The summed E-state index contributed by atoms with van der Waals surface area (Å²) < 4.78 is 0. The van der Waals surface area contributed by atoms with Crippen LogP contribution in [0.3, 0.4) is 0 Å². The summed E-state index contributed by atoms with van der Waals surface area (Å²) in [5.74, 6) is 0. The highest BCUT2D eigenvalue weighted by Gasteiger charge is 2.25. The minimum atomic E-state index is 1.11. The van der Waals surface area contributed by atoms with Crippen molar-refractivity contribution in [2.45, 2.75) is 0 Å². The van der Waals surface area contributed by atoms with E-state index in [1.165, 1.54) is 71.4 Å². The average molecular weight is 713 g/mol. The molecule has 56 heavy (non-hydrogen) atoms. The Morgan fingerprint density at radius 3 is 1.27 bits per heavy atom. The molecule has 0 bridgehead atoms. The van der Waals surface area contributed by atoms with E-state index in [2.05, 4.69) is 228 Å². The average Bonchev–Trinajstić information content (AvgIpc) is 3.60. The van der Waals surface area contributed by atoms with Crippen LogP contribution in [0, 0.1) is 0 Å². The van der Waals surface area contributed by atoms with E-state index in [1.807, 2.05) is 0 Å². The summed E-state index contributed by atoms with van der Waals surface area (Å²) in [6.45, 7) is 0. The number of nitrogens with zero attached hydrogens (tertiary/aromatic N) is 2. The van der Waals surface area contributed by atoms with Gasteiger partial charge in [-0.15, -0.1) is 0 Å². The molecule has 10 aromatic rings. The van der Waals surface area contributed by atoms with Gasteiger partial charge in [-0.3, -0.25) is 0 Å². The number of hydrogen-bond donors (Lipinski definition) is 0. The summed E-state index contributed by atoms with van der Waals surface area (Å²) in [6.07, 6.45) is 0. The number of benzene rings is 10. The number of anilines is 6. The molecule has 0 saturated carbocycles. The van der Waals surface area contributed by atoms with Gasteiger partial charge in [-0.2, -0.15) is 0 Å². The van der Waals surface area contributed by atoms with Gasteiger partial charge in [0.25, 0.3) is 0 Å². The summed E-state index contributed by atoms with van der Waals surface area (Å²) in [4.78, 5) is 4.80. The van der Waals surface area contributed by atoms with Crippen LogP contribution in [0.4, 0.5) is 34.1 Å². The van der Waals surface area contributed by atoms with Crippen molar-refractivity contribution in [3.63, 3.8) is 0 Å². The summed E-state index contributed by atoms with van der Waals surface area (Å²) in [5, 5.41) is 7.45. The Balaban J connectivity index is 1.01. The van der Waals surface area contributed by atoms with E-state index in [9.17, 15) is 0 Å². The third kappa shape index (κ3) is 5.19. The van der Waals surface area contributed by atoms with E-state index < -0.39 is 0 Å². The van der Waals surface area contributed by atoms with Gasteiger partial charge in [0.2, 0.25) is 0 Å². The largest absolute Gasteiger partial charge is 0.310 e. The molecule has 2 heteroatoms. The van der Waals surface area contributed by atoms with Crippen LogP contribution in [0.25, 0.3) is 65.7 Å². The van der Waals surface area contributed by atoms with E-state index in [0.29, 0.717) is 0 Å². The van der Waals surface area contributed by atoms with Crippen LogP contribution in [0.5, 0.6) is 0 Å². The standard InChI is InChI=1S/C54H36N2/c1-2-17-41(18-3-1)55(51-25-10-15-39-13-4-6-19-44(39)51)42-31-27-37(28-32-42)38-29-33-43(34-30-38)56(52-26-11-16-40-14-5-7-20-45(40)52)53-36-35-49-47-22-9-8-21-46(47)48-23-12-24-50(53)54(48)49/h1-36H. The van der Waals surface area contributed by atoms with Crippen LogP contribution in [0.1, 0.15) is 0 Å². The minimum absolute atomic E-state index is 1.11. The lowest BCUT2D eigenvalue weighted by molar-refractivity contribution is 1.30. The Morgan fingerprint density at radius 1 is 0.232 bits per heavy atom. The molecule has 0 radical (unpaired) electrons. The molecular weight excluding hydrogens is 677 g/mol. The van der Waals surface area contributed by atoms with E-state index in [-0.39, 0.29) is 0 Å². The van der Waals surface area contributed by atoms with Gasteiger partial charge >= 0.3 is 0 Å². The predicted octanol–water partition coefficient (Wildman–Crippen LogP) is 15.4. The van der Waals surface area contributed by atoms with Gasteiger partial charge in [0.15, 0.2) is 0 Å². The number of fused-ring (bicyclic) bond motifs is 5. The van der Waals surface area contributed by atoms with E-state index in [4.69, 9.17) is 0 Å². The molecule has 0 aromatic heterocycles. The molecule has 11 rings (SSSR count). The molecule has 262 valence electrons. The second-order valence-electron chi connectivity index (χ2n) is 14.5. The number of para-hydroxylation sites is 1. The molecule has 1 aliphatic carbocycles. The minimum Gasteiger partial charge on any atom is -0.310 e. The molecule has 0 atom stereocenters.